The molecule has 0 aromatic rings. The lowest BCUT2D eigenvalue weighted by atomic mass is 9.67. The third-order valence-corrected chi connectivity index (χ3v) is 3.39. The summed E-state index contributed by atoms with van der Waals surface area (Å²) in [7, 11) is 0. The van der Waals surface area contributed by atoms with Crippen LogP contribution in [-0.2, 0) is 4.79 Å². The third kappa shape index (κ3) is 3.12. The molecule has 6 heteroatoms. The fraction of sp³-hybridized carbons (Fsp3) is 0.909. The van der Waals surface area contributed by atoms with Gasteiger partial charge in [0.2, 0.25) is 5.91 Å². The van der Waals surface area contributed by atoms with Gasteiger partial charge in [-0.3, -0.25) is 4.79 Å². The minimum absolute atomic E-state index is 0.132. The predicted octanol–water partition coefficient (Wildman–Crippen LogP) is 1.91. The van der Waals surface area contributed by atoms with E-state index in [0.717, 1.165) is 11.3 Å². The van der Waals surface area contributed by atoms with E-state index in [1.807, 2.05) is 0 Å². The van der Waals surface area contributed by atoms with E-state index in [0.29, 0.717) is 12.8 Å². The highest BCUT2D eigenvalue weighted by Gasteiger charge is 2.47. The van der Waals surface area contributed by atoms with Crippen molar-refractivity contribution in [2.45, 2.75) is 45.3 Å². The maximum atomic E-state index is 12.4. The number of hydrogen-bond acceptors (Lipinski definition) is 2. The van der Waals surface area contributed by atoms with Gasteiger partial charge >= 0.3 is 6.18 Å². The minimum Gasteiger partial charge on any atom is -0.331 e. The molecule has 2 N–H and O–H groups in total. The van der Waals surface area contributed by atoms with Crippen molar-refractivity contribution < 1.29 is 18.0 Å². The Hall–Kier alpha value is -0.780. The Morgan fingerprint density at radius 1 is 1.41 bits per heavy atom. The predicted molar refractivity (Wildman–Crippen MR) is 58.2 cm³/mol. The van der Waals surface area contributed by atoms with Crippen LogP contribution >= 0.6 is 0 Å². The molecule has 0 radical (unpaired) electrons. The van der Waals surface area contributed by atoms with Crippen LogP contribution in [0.4, 0.5) is 13.2 Å². The van der Waals surface area contributed by atoms with Crippen molar-refractivity contribution in [1.82, 2.24) is 4.90 Å². The monoisotopic (exact) mass is 252 g/mol. The zero-order valence-electron chi connectivity index (χ0n) is 10.2. The second kappa shape index (κ2) is 4.84. The van der Waals surface area contributed by atoms with Gasteiger partial charge in [0.15, 0.2) is 0 Å². The van der Waals surface area contributed by atoms with Gasteiger partial charge in [0.1, 0.15) is 6.54 Å². The molecule has 0 spiro atoms. The van der Waals surface area contributed by atoms with E-state index >= 15 is 0 Å². The van der Waals surface area contributed by atoms with Crippen molar-refractivity contribution in [3.63, 3.8) is 0 Å². The van der Waals surface area contributed by atoms with Gasteiger partial charge < -0.3 is 10.6 Å². The fourth-order valence-corrected chi connectivity index (χ4v) is 2.10. The molecule has 0 aromatic carbocycles. The first-order valence-electron chi connectivity index (χ1n) is 5.80. The highest BCUT2D eigenvalue weighted by Crippen LogP contribution is 2.42. The number of hydrogen-bond donors (Lipinski definition) is 1. The SMILES string of the molecule is CC(C)N(CC(F)(F)F)C(=O)C1(CN)CCC1. The Morgan fingerprint density at radius 3 is 2.18 bits per heavy atom. The van der Waals surface area contributed by atoms with Crippen molar-refractivity contribution in [1.29, 1.82) is 0 Å². The summed E-state index contributed by atoms with van der Waals surface area (Å²) in [6.07, 6.45) is -2.30. The number of alkyl halides is 3. The summed E-state index contributed by atoms with van der Waals surface area (Å²) in [6.45, 7) is 2.12. The van der Waals surface area contributed by atoms with Crippen LogP contribution in [0.15, 0.2) is 0 Å². The second-order valence-corrected chi connectivity index (χ2v) is 4.98. The summed E-state index contributed by atoms with van der Waals surface area (Å²) in [5.74, 6) is -0.446. The number of carbonyl (C=O) groups excluding carboxylic acids is 1. The molecule has 0 saturated heterocycles. The average molecular weight is 252 g/mol. The van der Waals surface area contributed by atoms with Gasteiger partial charge in [0.05, 0.1) is 5.41 Å². The highest BCUT2D eigenvalue weighted by molar-refractivity contribution is 5.84. The van der Waals surface area contributed by atoms with Gasteiger partial charge in [-0.2, -0.15) is 13.2 Å². The molecule has 0 bridgehead atoms. The zero-order chi connectivity index (χ0) is 13.3. The Labute approximate surface area is 99.1 Å². The number of carbonyl (C=O) groups is 1. The van der Waals surface area contributed by atoms with Crippen LogP contribution in [-0.4, -0.2) is 36.1 Å². The van der Waals surface area contributed by atoms with Crippen LogP contribution in [0.1, 0.15) is 33.1 Å². The summed E-state index contributed by atoms with van der Waals surface area (Å²) < 4.78 is 37.2. The molecule has 0 heterocycles. The van der Waals surface area contributed by atoms with Crippen molar-refractivity contribution in [2.75, 3.05) is 13.1 Å². The smallest absolute Gasteiger partial charge is 0.331 e. The molecule has 0 aromatic heterocycles. The number of rotatable bonds is 4. The maximum Gasteiger partial charge on any atom is 0.406 e. The summed E-state index contributed by atoms with van der Waals surface area (Å²) in [5.41, 5.74) is 4.80. The minimum atomic E-state index is -4.36. The Bertz CT molecular complexity index is 279. The first kappa shape index (κ1) is 14.3. The first-order chi connectivity index (χ1) is 7.72. The van der Waals surface area contributed by atoms with Crippen molar-refractivity contribution in [3.05, 3.63) is 0 Å². The highest BCUT2D eigenvalue weighted by atomic mass is 19.4. The van der Waals surface area contributed by atoms with Gasteiger partial charge in [-0.05, 0) is 26.7 Å². The number of nitrogens with two attached hydrogens (primary N) is 1. The van der Waals surface area contributed by atoms with E-state index in [2.05, 4.69) is 0 Å². The van der Waals surface area contributed by atoms with Crippen molar-refractivity contribution in [2.24, 2.45) is 11.1 Å². The van der Waals surface area contributed by atoms with Crippen molar-refractivity contribution >= 4 is 5.91 Å². The molecule has 1 saturated carbocycles. The number of halogens is 3. The fourth-order valence-electron chi connectivity index (χ4n) is 2.10. The van der Waals surface area contributed by atoms with E-state index in [1.165, 1.54) is 0 Å². The lowest BCUT2D eigenvalue weighted by Gasteiger charge is -2.44. The molecule has 1 aliphatic carbocycles. The van der Waals surface area contributed by atoms with E-state index in [1.54, 1.807) is 13.8 Å². The van der Waals surface area contributed by atoms with Crippen molar-refractivity contribution in [3.8, 4) is 0 Å². The largest absolute Gasteiger partial charge is 0.406 e. The Morgan fingerprint density at radius 2 is 1.94 bits per heavy atom. The lowest BCUT2D eigenvalue weighted by Crippen LogP contribution is -2.55. The zero-order valence-corrected chi connectivity index (χ0v) is 10.2. The second-order valence-electron chi connectivity index (χ2n) is 4.98. The molecule has 0 unspecified atom stereocenters. The number of amides is 1. The molecule has 3 nitrogen and oxygen atoms in total. The molecule has 1 fully saturated rings. The van der Waals surface area contributed by atoms with Gasteiger partial charge in [-0.1, -0.05) is 6.42 Å². The van der Waals surface area contributed by atoms with E-state index in [4.69, 9.17) is 5.73 Å². The summed E-state index contributed by atoms with van der Waals surface area (Å²) in [6, 6.07) is -0.465. The summed E-state index contributed by atoms with van der Waals surface area (Å²) in [4.78, 5) is 13.0. The van der Waals surface area contributed by atoms with Crippen LogP contribution in [0.3, 0.4) is 0 Å². The standard InChI is InChI=1S/C11H19F3N2O/c1-8(2)16(7-11(12,13)14)9(17)10(6-15)4-3-5-10/h8H,3-7,15H2,1-2H3. The quantitative estimate of drug-likeness (QED) is 0.830. The first-order valence-corrected chi connectivity index (χ1v) is 5.80. The summed E-state index contributed by atoms with van der Waals surface area (Å²) in [5, 5.41) is 0. The molecule has 1 amide bonds. The molecule has 1 aliphatic rings. The van der Waals surface area contributed by atoms with Crippen LogP contribution in [0.2, 0.25) is 0 Å². The topological polar surface area (TPSA) is 46.3 Å². The van der Waals surface area contributed by atoms with Crippen LogP contribution in [0.5, 0.6) is 0 Å². The molecule has 0 aliphatic heterocycles. The Kier molecular flexibility index (Phi) is 4.06. The van der Waals surface area contributed by atoms with E-state index < -0.39 is 30.1 Å². The molecular weight excluding hydrogens is 233 g/mol. The van der Waals surface area contributed by atoms with Crippen LogP contribution in [0.25, 0.3) is 0 Å². The summed E-state index contributed by atoms with van der Waals surface area (Å²) >= 11 is 0. The van der Waals surface area contributed by atoms with Crippen LogP contribution in [0, 0.1) is 5.41 Å². The third-order valence-electron chi connectivity index (χ3n) is 3.39. The van der Waals surface area contributed by atoms with Gasteiger partial charge in [-0.25, -0.2) is 0 Å². The molecule has 0 atom stereocenters. The molecule has 17 heavy (non-hydrogen) atoms. The van der Waals surface area contributed by atoms with Crippen LogP contribution < -0.4 is 5.73 Å². The molecular formula is C11H19F3N2O. The maximum absolute atomic E-state index is 12.4. The normalized spacial score (nSPS) is 19.0. The molecule has 1 rings (SSSR count). The Balaban J connectivity index is 2.80. The molecule has 100 valence electrons. The van der Waals surface area contributed by atoms with Gasteiger partial charge in [-0.15, -0.1) is 0 Å². The van der Waals surface area contributed by atoms with E-state index in [9.17, 15) is 18.0 Å². The van der Waals surface area contributed by atoms with Gasteiger partial charge in [0.25, 0.3) is 0 Å². The lowest BCUT2D eigenvalue weighted by molar-refractivity contribution is -0.174. The van der Waals surface area contributed by atoms with E-state index in [-0.39, 0.29) is 6.54 Å². The van der Waals surface area contributed by atoms with Gasteiger partial charge in [0, 0.05) is 12.6 Å². The average Bonchev–Trinajstić information content (AvgIpc) is 2.11. The number of nitrogens with zero attached hydrogens (tertiary/aromatic N) is 1.